The van der Waals surface area contributed by atoms with Crippen LogP contribution in [0.3, 0.4) is 0 Å². The van der Waals surface area contributed by atoms with E-state index in [0.29, 0.717) is 12.0 Å². The quantitative estimate of drug-likeness (QED) is 0.617. The van der Waals surface area contributed by atoms with Gasteiger partial charge in [0, 0.05) is 18.2 Å². The van der Waals surface area contributed by atoms with Crippen LogP contribution in [0.1, 0.15) is 23.6 Å². The minimum Gasteiger partial charge on any atom is -0.319 e. The van der Waals surface area contributed by atoms with Gasteiger partial charge in [-0.1, -0.05) is 78.9 Å². The summed E-state index contributed by atoms with van der Waals surface area (Å²) < 4.78 is 0. The standard InChI is InChI=1S/C27H25N3O3/c1-19-16-21-12-8-9-15-23(21)30(19)24(31)18-29-25(32)27(28-26(29)33,22-13-6-3-7-14-22)17-20-10-4-2-5-11-20/h2-15,19H,16-18H2,1H3,(H,28,33)/t19-,27-/m0/s1. The Hall–Kier alpha value is -3.93. The minimum absolute atomic E-state index is 0.0288. The van der Waals surface area contributed by atoms with Gasteiger partial charge in [-0.15, -0.1) is 0 Å². The van der Waals surface area contributed by atoms with Gasteiger partial charge in [0.05, 0.1) is 0 Å². The fourth-order valence-electron chi connectivity index (χ4n) is 4.97. The van der Waals surface area contributed by atoms with Crippen molar-refractivity contribution in [3.63, 3.8) is 0 Å². The zero-order valence-corrected chi connectivity index (χ0v) is 18.4. The van der Waals surface area contributed by atoms with Crippen molar-refractivity contribution < 1.29 is 14.4 Å². The number of hydrogen-bond donors (Lipinski definition) is 1. The van der Waals surface area contributed by atoms with Gasteiger partial charge in [-0.25, -0.2) is 4.79 Å². The van der Waals surface area contributed by atoms with Crippen LogP contribution in [-0.2, 0) is 28.0 Å². The number of benzene rings is 3. The molecule has 2 aliphatic heterocycles. The molecule has 1 saturated heterocycles. The van der Waals surface area contributed by atoms with E-state index in [0.717, 1.165) is 28.1 Å². The third kappa shape index (κ3) is 3.57. The van der Waals surface area contributed by atoms with Gasteiger partial charge in [0.1, 0.15) is 6.54 Å². The number of rotatable bonds is 5. The van der Waals surface area contributed by atoms with Gasteiger partial charge >= 0.3 is 6.03 Å². The number of amides is 4. The first-order valence-corrected chi connectivity index (χ1v) is 11.1. The van der Waals surface area contributed by atoms with Crippen LogP contribution in [0.5, 0.6) is 0 Å². The largest absolute Gasteiger partial charge is 0.325 e. The summed E-state index contributed by atoms with van der Waals surface area (Å²) in [6.45, 7) is 1.68. The Morgan fingerprint density at radius 3 is 2.30 bits per heavy atom. The highest BCUT2D eigenvalue weighted by atomic mass is 16.2. The van der Waals surface area contributed by atoms with Gasteiger partial charge in [0.2, 0.25) is 5.91 Å². The molecule has 2 aliphatic rings. The van der Waals surface area contributed by atoms with Gasteiger partial charge in [0.25, 0.3) is 5.91 Å². The lowest BCUT2D eigenvalue weighted by Gasteiger charge is -2.28. The smallest absolute Gasteiger partial charge is 0.319 e. The predicted molar refractivity (Wildman–Crippen MR) is 126 cm³/mol. The second-order valence-electron chi connectivity index (χ2n) is 8.70. The minimum atomic E-state index is -1.26. The molecule has 0 saturated carbocycles. The van der Waals surface area contributed by atoms with Crippen LogP contribution in [0, 0.1) is 0 Å². The lowest BCUT2D eigenvalue weighted by molar-refractivity contribution is -0.134. The third-order valence-electron chi connectivity index (χ3n) is 6.52. The average molecular weight is 440 g/mol. The molecule has 1 fully saturated rings. The second-order valence-corrected chi connectivity index (χ2v) is 8.70. The van der Waals surface area contributed by atoms with Crippen molar-refractivity contribution in [3.05, 3.63) is 102 Å². The Kier molecular flexibility index (Phi) is 5.21. The number of nitrogens with zero attached hydrogens (tertiary/aromatic N) is 2. The van der Waals surface area contributed by atoms with Crippen molar-refractivity contribution in [1.29, 1.82) is 0 Å². The van der Waals surface area contributed by atoms with Crippen molar-refractivity contribution in [2.45, 2.75) is 31.3 Å². The zero-order chi connectivity index (χ0) is 23.0. The number of nitrogens with one attached hydrogen (secondary N) is 1. The number of anilines is 1. The van der Waals surface area contributed by atoms with E-state index in [1.807, 2.05) is 91.9 Å². The number of hydrogen-bond acceptors (Lipinski definition) is 3. The second kappa shape index (κ2) is 8.20. The molecule has 4 amide bonds. The van der Waals surface area contributed by atoms with E-state index in [4.69, 9.17) is 0 Å². The molecule has 2 atom stereocenters. The predicted octanol–water partition coefficient (Wildman–Crippen LogP) is 3.65. The lowest BCUT2D eigenvalue weighted by Crippen LogP contribution is -2.48. The summed E-state index contributed by atoms with van der Waals surface area (Å²) in [5.41, 5.74) is 2.31. The molecule has 3 aromatic rings. The number of fused-ring (bicyclic) bond motifs is 1. The Morgan fingerprint density at radius 1 is 0.939 bits per heavy atom. The van der Waals surface area contributed by atoms with E-state index in [2.05, 4.69) is 5.32 Å². The summed E-state index contributed by atoms with van der Waals surface area (Å²) in [5.74, 6) is -0.671. The van der Waals surface area contributed by atoms with Crippen LogP contribution in [-0.4, -0.2) is 35.3 Å². The molecule has 5 rings (SSSR count). The molecule has 0 radical (unpaired) electrons. The van der Waals surface area contributed by atoms with Crippen molar-refractivity contribution in [1.82, 2.24) is 10.2 Å². The summed E-state index contributed by atoms with van der Waals surface area (Å²) in [7, 11) is 0. The molecule has 6 nitrogen and oxygen atoms in total. The number of para-hydroxylation sites is 1. The Balaban J connectivity index is 1.46. The maximum atomic E-state index is 13.8. The van der Waals surface area contributed by atoms with Gasteiger partial charge in [-0.2, -0.15) is 0 Å². The van der Waals surface area contributed by atoms with Gasteiger partial charge < -0.3 is 10.2 Å². The van der Waals surface area contributed by atoms with Gasteiger partial charge in [0.15, 0.2) is 5.54 Å². The highest BCUT2D eigenvalue weighted by Crippen LogP contribution is 2.35. The molecule has 2 heterocycles. The van der Waals surface area contributed by atoms with Crippen molar-refractivity contribution >= 4 is 23.5 Å². The number of carbonyl (C=O) groups is 3. The van der Waals surface area contributed by atoms with Crippen molar-refractivity contribution in [3.8, 4) is 0 Å². The maximum absolute atomic E-state index is 13.8. The molecular formula is C27H25N3O3. The topological polar surface area (TPSA) is 69.7 Å². The van der Waals surface area contributed by atoms with Crippen molar-refractivity contribution in [2.75, 3.05) is 11.4 Å². The Labute approximate surface area is 192 Å². The van der Waals surface area contributed by atoms with Crippen LogP contribution in [0.2, 0.25) is 0 Å². The molecule has 33 heavy (non-hydrogen) atoms. The van der Waals surface area contributed by atoms with Gasteiger partial charge in [-0.05, 0) is 36.1 Å². The summed E-state index contributed by atoms with van der Waals surface area (Å²) >= 11 is 0. The van der Waals surface area contributed by atoms with Crippen LogP contribution >= 0.6 is 0 Å². The fourth-order valence-corrected chi connectivity index (χ4v) is 4.97. The molecule has 6 heteroatoms. The zero-order valence-electron chi connectivity index (χ0n) is 18.4. The van der Waals surface area contributed by atoms with Crippen LogP contribution < -0.4 is 10.2 Å². The molecule has 1 N–H and O–H groups in total. The fraction of sp³-hybridized carbons (Fsp3) is 0.222. The highest BCUT2D eigenvalue weighted by molar-refractivity contribution is 6.11. The Bertz CT molecular complexity index is 1210. The molecule has 166 valence electrons. The van der Waals surface area contributed by atoms with E-state index in [-0.39, 0.29) is 18.5 Å². The summed E-state index contributed by atoms with van der Waals surface area (Å²) in [6, 6.07) is 26.0. The first-order valence-electron chi connectivity index (χ1n) is 11.1. The molecule has 0 spiro atoms. The normalized spacial score (nSPS) is 21.8. The first kappa shape index (κ1) is 20.9. The first-order chi connectivity index (χ1) is 16.0. The third-order valence-corrected chi connectivity index (χ3v) is 6.52. The maximum Gasteiger partial charge on any atom is 0.325 e. The molecule has 0 aromatic heterocycles. The highest BCUT2D eigenvalue weighted by Gasteiger charge is 2.53. The molecule has 0 bridgehead atoms. The van der Waals surface area contributed by atoms with E-state index in [1.165, 1.54) is 0 Å². The average Bonchev–Trinajstić information content (AvgIpc) is 3.29. The monoisotopic (exact) mass is 439 g/mol. The summed E-state index contributed by atoms with van der Waals surface area (Å²) in [6.07, 6.45) is 1.06. The SMILES string of the molecule is C[C@H]1Cc2ccccc2N1C(=O)CN1C(=O)N[C@@](Cc2ccccc2)(c2ccccc2)C1=O. The van der Waals surface area contributed by atoms with E-state index in [1.54, 1.807) is 4.90 Å². The summed E-state index contributed by atoms with van der Waals surface area (Å²) in [5, 5.41) is 2.93. The lowest BCUT2D eigenvalue weighted by atomic mass is 9.83. The molecular weight excluding hydrogens is 414 g/mol. The molecule has 3 aromatic carbocycles. The van der Waals surface area contributed by atoms with Crippen molar-refractivity contribution in [2.24, 2.45) is 0 Å². The number of urea groups is 1. The van der Waals surface area contributed by atoms with E-state index < -0.39 is 17.5 Å². The van der Waals surface area contributed by atoms with Crippen LogP contribution in [0.15, 0.2) is 84.9 Å². The van der Waals surface area contributed by atoms with Gasteiger partial charge in [-0.3, -0.25) is 14.5 Å². The van der Waals surface area contributed by atoms with E-state index >= 15 is 0 Å². The number of carbonyl (C=O) groups excluding carboxylic acids is 3. The van der Waals surface area contributed by atoms with Crippen LogP contribution in [0.25, 0.3) is 0 Å². The number of imide groups is 1. The van der Waals surface area contributed by atoms with E-state index in [9.17, 15) is 14.4 Å². The van der Waals surface area contributed by atoms with Crippen LogP contribution in [0.4, 0.5) is 10.5 Å². The summed E-state index contributed by atoms with van der Waals surface area (Å²) in [4.78, 5) is 42.9. The Morgan fingerprint density at radius 2 is 1.58 bits per heavy atom. The molecule has 0 aliphatic carbocycles. The molecule has 0 unspecified atom stereocenters.